The molecule has 2 aromatic heterocycles. The lowest BCUT2D eigenvalue weighted by Crippen LogP contribution is -2.30. The van der Waals surface area contributed by atoms with Gasteiger partial charge in [0.1, 0.15) is 5.78 Å². The second-order valence-corrected chi connectivity index (χ2v) is 8.60. The molecule has 3 rings (SSSR count). The van der Waals surface area contributed by atoms with Crippen molar-refractivity contribution >= 4 is 16.7 Å². The summed E-state index contributed by atoms with van der Waals surface area (Å²) in [6.45, 7) is 3.69. The molecule has 0 radical (unpaired) electrons. The molecule has 7 nitrogen and oxygen atoms in total. The molecule has 2 heterocycles. The smallest absolute Gasteiger partial charge is 0.224 e. The zero-order chi connectivity index (χ0) is 23.6. The van der Waals surface area contributed by atoms with E-state index in [1.807, 2.05) is 37.3 Å². The number of hydrogen-bond donors (Lipinski definition) is 1. The third-order valence-electron chi connectivity index (χ3n) is 5.76. The molecule has 0 aliphatic rings. The number of aromatic nitrogens is 2. The number of unbranched alkanes of at least 4 members (excludes halogenated alkanes) is 2. The van der Waals surface area contributed by atoms with E-state index in [-0.39, 0.29) is 6.04 Å². The summed E-state index contributed by atoms with van der Waals surface area (Å²) in [5.41, 5.74) is 1.67. The van der Waals surface area contributed by atoms with Crippen LogP contribution in [0.25, 0.3) is 22.2 Å². The first-order valence-corrected chi connectivity index (χ1v) is 11.8. The van der Waals surface area contributed by atoms with E-state index in [1.165, 1.54) is 0 Å². The summed E-state index contributed by atoms with van der Waals surface area (Å²) in [6.07, 6.45) is 6.93. The zero-order valence-corrected chi connectivity index (χ0v) is 20.3. The summed E-state index contributed by atoms with van der Waals surface area (Å²) in [7, 11) is 5.74. The van der Waals surface area contributed by atoms with Crippen LogP contribution in [0.15, 0.2) is 40.9 Å². The first-order chi connectivity index (χ1) is 16.0. The molecule has 1 unspecified atom stereocenters. The fraction of sp³-hybridized carbons (Fsp3) is 0.500. The number of para-hydroxylation sites is 1. The SMILES string of the molecule is CCC(=O)CCCCCC(NCCN(C)C)c1ncc(-c2cc3ccccc3nc2OC)o1. The number of oxazole rings is 1. The normalized spacial score (nSPS) is 12.4. The van der Waals surface area contributed by atoms with Crippen LogP contribution < -0.4 is 10.1 Å². The maximum atomic E-state index is 11.5. The number of Topliss-reactive ketones (excluding diaryl/α,β-unsaturated/α-hetero) is 1. The molecular formula is C26H36N4O3. The lowest BCUT2D eigenvalue weighted by atomic mass is 10.0. The molecular weight excluding hydrogens is 416 g/mol. The fourth-order valence-corrected chi connectivity index (χ4v) is 3.80. The third-order valence-corrected chi connectivity index (χ3v) is 5.76. The molecule has 7 heteroatoms. The van der Waals surface area contributed by atoms with Crippen molar-refractivity contribution in [1.29, 1.82) is 0 Å². The van der Waals surface area contributed by atoms with Crippen LogP contribution in [0.3, 0.4) is 0 Å². The van der Waals surface area contributed by atoms with Crippen LogP contribution in [-0.2, 0) is 4.79 Å². The summed E-state index contributed by atoms with van der Waals surface area (Å²) in [4.78, 5) is 22.9. The second-order valence-electron chi connectivity index (χ2n) is 8.60. The number of carbonyl (C=O) groups excluding carboxylic acids is 1. The van der Waals surface area contributed by atoms with Crippen LogP contribution in [0.4, 0.5) is 0 Å². The second kappa shape index (κ2) is 12.5. The number of hydrogen-bond acceptors (Lipinski definition) is 7. The summed E-state index contributed by atoms with van der Waals surface area (Å²) in [5.74, 6) is 2.18. The summed E-state index contributed by atoms with van der Waals surface area (Å²) in [5, 5.41) is 4.61. The Morgan fingerprint density at radius 3 is 2.79 bits per heavy atom. The average molecular weight is 453 g/mol. The van der Waals surface area contributed by atoms with Gasteiger partial charge in [0, 0.05) is 31.3 Å². The summed E-state index contributed by atoms with van der Waals surface area (Å²) in [6, 6.07) is 9.99. The molecule has 0 aliphatic heterocycles. The lowest BCUT2D eigenvalue weighted by molar-refractivity contribution is -0.118. The number of fused-ring (bicyclic) bond motifs is 1. The van der Waals surface area contributed by atoms with E-state index >= 15 is 0 Å². The van der Waals surface area contributed by atoms with Gasteiger partial charge < -0.3 is 19.4 Å². The Hall–Kier alpha value is -2.77. The number of ketones is 1. The van der Waals surface area contributed by atoms with Gasteiger partial charge in [-0.3, -0.25) is 4.79 Å². The average Bonchev–Trinajstić information content (AvgIpc) is 3.31. The summed E-state index contributed by atoms with van der Waals surface area (Å²) >= 11 is 0. The highest BCUT2D eigenvalue weighted by molar-refractivity contribution is 5.85. The predicted octanol–water partition coefficient (Wildman–Crippen LogP) is 5.02. The number of rotatable bonds is 14. The molecule has 0 amide bonds. The molecule has 178 valence electrons. The van der Waals surface area contributed by atoms with Crippen molar-refractivity contribution < 1.29 is 13.9 Å². The third kappa shape index (κ3) is 7.11. The minimum atomic E-state index is 0.0139. The Morgan fingerprint density at radius 2 is 2.03 bits per heavy atom. The molecule has 0 saturated heterocycles. The largest absolute Gasteiger partial charge is 0.480 e. The van der Waals surface area contributed by atoms with Crippen LogP contribution in [0.1, 0.15) is 57.4 Å². The minimum absolute atomic E-state index is 0.0139. The van der Waals surface area contributed by atoms with Crippen LogP contribution in [-0.4, -0.2) is 54.9 Å². The van der Waals surface area contributed by atoms with Gasteiger partial charge >= 0.3 is 0 Å². The van der Waals surface area contributed by atoms with E-state index < -0.39 is 0 Å². The van der Waals surface area contributed by atoms with Crippen molar-refractivity contribution in [1.82, 2.24) is 20.2 Å². The Morgan fingerprint density at radius 1 is 1.21 bits per heavy atom. The molecule has 0 saturated carbocycles. The van der Waals surface area contributed by atoms with Crippen molar-refractivity contribution in [2.45, 2.75) is 51.5 Å². The molecule has 1 aromatic carbocycles. The maximum Gasteiger partial charge on any atom is 0.224 e. The first kappa shape index (κ1) is 24.9. The Kier molecular flexibility index (Phi) is 9.39. The predicted molar refractivity (Wildman–Crippen MR) is 131 cm³/mol. The number of benzene rings is 1. The zero-order valence-electron chi connectivity index (χ0n) is 20.3. The van der Waals surface area contributed by atoms with Crippen LogP contribution in [0, 0.1) is 0 Å². The van der Waals surface area contributed by atoms with E-state index in [1.54, 1.807) is 13.3 Å². The molecule has 1 N–H and O–H groups in total. The minimum Gasteiger partial charge on any atom is -0.480 e. The van der Waals surface area contributed by atoms with E-state index in [4.69, 9.17) is 9.15 Å². The van der Waals surface area contributed by atoms with E-state index in [0.717, 1.165) is 55.2 Å². The van der Waals surface area contributed by atoms with Gasteiger partial charge in [0.15, 0.2) is 5.76 Å². The topological polar surface area (TPSA) is 80.5 Å². The highest BCUT2D eigenvalue weighted by atomic mass is 16.5. The van der Waals surface area contributed by atoms with Gasteiger partial charge in [0.2, 0.25) is 11.8 Å². The highest BCUT2D eigenvalue weighted by Gasteiger charge is 2.20. The molecule has 1 atom stereocenters. The molecule has 33 heavy (non-hydrogen) atoms. The number of nitrogens with zero attached hydrogens (tertiary/aromatic N) is 3. The van der Waals surface area contributed by atoms with E-state index in [9.17, 15) is 4.79 Å². The van der Waals surface area contributed by atoms with Crippen LogP contribution in [0.5, 0.6) is 5.88 Å². The monoisotopic (exact) mass is 452 g/mol. The van der Waals surface area contributed by atoms with Gasteiger partial charge in [-0.15, -0.1) is 0 Å². The van der Waals surface area contributed by atoms with Crippen molar-refractivity contribution in [2.75, 3.05) is 34.3 Å². The maximum absolute atomic E-state index is 11.5. The standard InChI is InChI=1S/C26H36N4O3/c1-5-20(31)12-7-6-8-14-23(27-15-16-30(2)3)26-28-18-24(33-26)21-17-19-11-9-10-13-22(19)29-25(21)32-4/h9-11,13,17-18,23,27H,5-8,12,14-16H2,1-4H3. The Bertz CT molecular complexity index is 1030. The van der Waals surface area contributed by atoms with Gasteiger partial charge in [-0.05, 0) is 39.1 Å². The van der Waals surface area contributed by atoms with E-state index in [0.29, 0.717) is 36.2 Å². The number of carbonyl (C=O) groups is 1. The van der Waals surface area contributed by atoms with E-state index in [2.05, 4.69) is 34.3 Å². The number of nitrogens with one attached hydrogen (secondary N) is 1. The number of ether oxygens (including phenoxy) is 1. The van der Waals surface area contributed by atoms with Gasteiger partial charge in [-0.25, -0.2) is 9.97 Å². The summed E-state index contributed by atoms with van der Waals surface area (Å²) < 4.78 is 11.8. The van der Waals surface area contributed by atoms with Crippen molar-refractivity contribution in [2.24, 2.45) is 0 Å². The Balaban J connectivity index is 1.74. The molecule has 0 spiro atoms. The van der Waals surface area contributed by atoms with Gasteiger partial charge in [-0.1, -0.05) is 38.0 Å². The molecule has 0 fully saturated rings. The molecule has 3 aromatic rings. The number of methoxy groups -OCH3 is 1. The van der Waals surface area contributed by atoms with Gasteiger partial charge in [0.25, 0.3) is 0 Å². The van der Waals surface area contributed by atoms with Crippen LogP contribution >= 0.6 is 0 Å². The highest BCUT2D eigenvalue weighted by Crippen LogP contribution is 2.33. The molecule has 0 aliphatic carbocycles. The lowest BCUT2D eigenvalue weighted by Gasteiger charge is -2.17. The fourth-order valence-electron chi connectivity index (χ4n) is 3.80. The van der Waals surface area contributed by atoms with Crippen molar-refractivity contribution in [3.63, 3.8) is 0 Å². The number of likely N-dealkylation sites (N-methyl/N-ethyl adjacent to an activating group) is 1. The molecule has 0 bridgehead atoms. The number of pyridine rings is 1. The van der Waals surface area contributed by atoms with Crippen LogP contribution in [0.2, 0.25) is 0 Å². The Labute approximate surface area is 196 Å². The van der Waals surface area contributed by atoms with Crippen molar-refractivity contribution in [3.05, 3.63) is 42.4 Å². The van der Waals surface area contributed by atoms with Gasteiger partial charge in [-0.2, -0.15) is 0 Å². The van der Waals surface area contributed by atoms with Crippen molar-refractivity contribution in [3.8, 4) is 17.2 Å². The quantitative estimate of drug-likeness (QED) is 0.344. The van der Waals surface area contributed by atoms with Gasteiger partial charge in [0.05, 0.1) is 30.4 Å². The first-order valence-electron chi connectivity index (χ1n) is 11.8.